The van der Waals surface area contributed by atoms with Crippen LogP contribution in [0.25, 0.3) is 0 Å². The normalized spacial score (nSPS) is 21.3. The maximum Gasteiger partial charge on any atom is 0.227 e. The molecule has 1 aliphatic rings. The van der Waals surface area contributed by atoms with Crippen LogP contribution in [0.15, 0.2) is 28.7 Å². The number of amides is 1. The lowest BCUT2D eigenvalue weighted by atomic mass is 10.0. The Labute approximate surface area is 133 Å². The van der Waals surface area contributed by atoms with Crippen molar-refractivity contribution >= 4 is 21.8 Å². The molecule has 0 aromatic heterocycles. The summed E-state index contributed by atoms with van der Waals surface area (Å²) in [5, 5.41) is 0. The van der Waals surface area contributed by atoms with Crippen molar-refractivity contribution in [1.29, 1.82) is 0 Å². The van der Waals surface area contributed by atoms with Crippen LogP contribution in [0.5, 0.6) is 5.75 Å². The van der Waals surface area contributed by atoms with Crippen LogP contribution >= 0.6 is 15.9 Å². The van der Waals surface area contributed by atoms with Gasteiger partial charge < -0.3 is 20.1 Å². The summed E-state index contributed by atoms with van der Waals surface area (Å²) in [7, 11) is 1.79. The van der Waals surface area contributed by atoms with E-state index in [-0.39, 0.29) is 17.9 Å². The van der Waals surface area contributed by atoms with Gasteiger partial charge in [-0.25, -0.2) is 0 Å². The molecule has 5 nitrogen and oxygen atoms in total. The molecule has 0 radical (unpaired) electrons. The van der Waals surface area contributed by atoms with Gasteiger partial charge in [-0.15, -0.1) is 0 Å². The van der Waals surface area contributed by atoms with Crippen LogP contribution in [0.1, 0.15) is 6.42 Å². The number of likely N-dealkylation sites (N-methyl/N-ethyl adjacent to an activating group) is 1. The van der Waals surface area contributed by atoms with Crippen LogP contribution in [-0.2, 0) is 9.53 Å². The first-order valence-electron chi connectivity index (χ1n) is 7.05. The quantitative estimate of drug-likeness (QED) is 0.841. The minimum atomic E-state index is -0.0729. The first-order valence-corrected chi connectivity index (χ1v) is 7.84. The second kappa shape index (κ2) is 7.77. The van der Waals surface area contributed by atoms with Crippen molar-refractivity contribution in [1.82, 2.24) is 4.90 Å². The third-order valence-corrected chi connectivity index (χ3v) is 4.11. The maximum atomic E-state index is 12.2. The number of ether oxygens (including phenoxy) is 2. The number of hydrogen-bond donors (Lipinski definition) is 1. The summed E-state index contributed by atoms with van der Waals surface area (Å²) in [6.45, 7) is 1.97. The Morgan fingerprint density at radius 1 is 1.48 bits per heavy atom. The Kier molecular flexibility index (Phi) is 6.02. The lowest BCUT2D eigenvalue weighted by Gasteiger charge is -2.20. The molecule has 1 aromatic carbocycles. The molecule has 116 valence electrons. The second-order valence-electron chi connectivity index (χ2n) is 5.19. The van der Waals surface area contributed by atoms with E-state index in [2.05, 4.69) is 15.9 Å². The smallest absolute Gasteiger partial charge is 0.227 e. The van der Waals surface area contributed by atoms with E-state index < -0.39 is 0 Å². The molecule has 21 heavy (non-hydrogen) atoms. The van der Waals surface area contributed by atoms with Gasteiger partial charge in [0.05, 0.1) is 25.2 Å². The highest BCUT2D eigenvalue weighted by Gasteiger charge is 2.31. The highest BCUT2D eigenvalue weighted by atomic mass is 79.9. The van der Waals surface area contributed by atoms with Crippen LogP contribution in [0.3, 0.4) is 0 Å². The second-order valence-corrected chi connectivity index (χ2v) is 6.10. The minimum absolute atomic E-state index is 0.0198. The first kappa shape index (κ1) is 16.3. The van der Waals surface area contributed by atoms with Crippen molar-refractivity contribution in [2.24, 2.45) is 11.7 Å². The number of nitrogens with zero attached hydrogens (tertiary/aromatic N) is 1. The van der Waals surface area contributed by atoms with Crippen molar-refractivity contribution in [2.45, 2.75) is 12.5 Å². The van der Waals surface area contributed by atoms with Gasteiger partial charge in [-0.3, -0.25) is 4.79 Å². The maximum absolute atomic E-state index is 12.2. The van der Waals surface area contributed by atoms with E-state index in [1.165, 1.54) is 0 Å². The van der Waals surface area contributed by atoms with E-state index in [1.54, 1.807) is 11.9 Å². The summed E-state index contributed by atoms with van der Waals surface area (Å²) in [6.07, 6.45) is 0.735. The van der Waals surface area contributed by atoms with Crippen molar-refractivity contribution in [3.05, 3.63) is 28.7 Å². The molecule has 6 heteroatoms. The van der Waals surface area contributed by atoms with Crippen molar-refractivity contribution in [3.63, 3.8) is 0 Å². The number of halogens is 1. The fourth-order valence-electron chi connectivity index (χ4n) is 2.30. The van der Waals surface area contributed by atoms with Gasteiger partial charge in [0.2, 0.25) is 5.91 Å². The third-order valence-electron chi connectivity index (χ3n) is 3.58. The first-order chi connectivity index (χ1) is 10.1. The van der Waals surface area contributed by atoms with E-state index in [9.17, 15) is 4.79 Å². The lowest BCUT2D eigenvalue weighted by Crippen LogP contribution is -2.36. The SMILES string of the molecule is CN(CCOc1ccc(Br)cc1)C(=O)[C@@H]1CO[C@H](CN)C1. The summed E-state index contributed by atoms with van der Waals surface area (Å²) in [5.74, 6) is 0.827. The topological polar surface area (TPSA) is 64.8 Å². The van der Waals surface area contributed by atoms with Crippen LogP contribution in [0.2, 0.25) is 0 Å². The number of benzene rings is 1. The van der Waals surface area contributed by atoms with Crippen LogP contribution in [0, 0.1) is 5.92 Å². The predicted molar refractivity (Wildman–Crippen MR) is 84.2 cm³/mol. The lowest BCUT2D eigenvalue weighted by molar-refractivity contribution is -0.134. The van der Waals surface area contributed by atoms with Crippen molar-refractivity contribution in [2.75, 3.05) is 33.4 Å². The molecule has 1 aliphatic heterocycles. The summed E-state index contributed by atoms with van der Waals surface area (Å²) < 4.78 is 12.1. The number of nitrogens with two attached hydrogens (primary N) is 1. The zero-order valence-corrected chi connectivity index (χ0v) is 13.7. The average Bonchev–Trinajstić information content (AvgIpc) is 2.97. The van der Waals surface area contributed by atoms with E-state index in [0.29, 0.717) is 32.7 Å². The molecule has 0 unspecified atom stereocenters. The van der Waals surface area contributed by atoms with E-state index in [4.69, 9.17) is 15.2 Å². The Bertz CT molecular complexity index is 466. The zero-order chi connectivity index (χ0) is 15.2. The third kappa shape index (κ3) is 4.69. The highest BCUT2D eigenvalue weighted by molar-refractivity contribution is 9.10. The highest BCUT2D eigenvalue weighted by Crippen LogP contribution is 2.21. The molecule has 0 saturated carbocycles. The van der Waals surface area contributed by atoms with Crippen LogP contribution < -0.4 is 10.5 Å². The molecule has 1 saturated heterocycles. The largest absolute Gasteiger partial charge is 0.492 e. The molecule has 2 N–H and O–H groups in total. The van der Waals surface area contributed by atoms with E-state index in [1.807, 2.05) is 24.3 Å². The van der Waals surface area contributed by atoms with Gasteiger partial charge in [0.1, 0.15) is 12.4 Å². The molecule has 2 atom stereocenters. The Balaban J connectivity index is 1.72. The number of carbonyl (C=O) groups excluding carboxylic acids is 1. The van der Waals surface area contributed by atoms with Crippen LogP contribution in [0.4, 0.5) is 0 Å². The number of carbonyl (C=O) groups is 1. The minimum Gasteiger partial charge on any atom is -0.492 e. The van der Waals surface area contributed by atoms with Gasteiger partial charge in [-0.05, 0) is 30.7 Å². The fourth-order valence-corrected chi connectivity index (χ4v) is 2.56. The summed E-state index contributed by atoms with van der Waals surface area (Å²) in [5.41, 5.74) is 5.55. The molecule has 1 amide bonds. The molecular weight excluding hydrogens is 336 g/mol. The predicted octanol–water partition coefficient (Wildman–Crippen LogP) is 1.65. The molecule has 1 aromatic rings. The monoisotopic (exact) mass is 356 g/mol. The Morgan fingerprint density at radius 3 is 2.81 bits per heavy atom. The van der Waals surface area contributed by atoms with Gasteiger partial charge in [0, 0.05) is 18.1 Å². The summed E-state index contributed by atoms with van der Waals surface area (Å²) in [6, 6.07) is 7.63. The number of hydrogen-bond acceptors (Lipinski definition) is 4. The Morgan fingerprint density at radius 2 is 2.19 bits per heavy atom. The van der Waals surface area contributed by atoms with Gasteiger partial charge >= 0.3 is 0 Å². The molecule has 0 aliphatic carbocycles. The molecule has 0 spiro atoms. The van der Waals surface area contributed by atoms with E-state index >= 15 is 0 Å². The summed E-state index contributed by atoms with van der Waals surface area (Å²) >= 11 is 3.38. The van der Waals surface area contributed by atoms with Gasteiger partial charge in [0.15, 0.2) is 0 Å². The van der Waals surface area contributed by atoms with Crippen molar-refractivity contribution in [3.8, 4) is 5.75 Å². The fraction of sp³-hybridized carbons (Fsp3) is 0.533. The average molecular weight is 357 g/mol. The van der Waals surface area contributed by atoms with Crippen LogP contribution in [-0.4, -0.2) is 50.3 Å². The number of rotatable bonds is 6. The van der Waals surface area contributed by atoms with Gasteiger partial charge in [0.25, 0.3) is 0 Å². The molecular formula is C15H21BrN2O3. The standard InChI is InChI=1S/C15H21BrN2O3/c1-18(15(19)11-8-14(9-17)21-10-11)6-7-20-13-4-2-12(16)3-5-13/h2-5,11,14H,6-10,17H2,1H3/t11-,14-/m0/s1. The molecule has 2 rings (SSSR count). The molecule has 1 fully saturated rings. The van der Waals surface area contributed by atoms with E-state index in [0.717, 1.165) is 10.2 Å². The zero-order valence-electron chi connectivity index (χ0n) is 12.1. The molecule has 0 bridgehead atoms. The Hall–Kier alpha value is -1.11. The summed E-state index contributed by atoms with van der Waals surface area (Å²) in [4.78, 5) is 13.9. The molecule has 1 heterocycles. The van der Waals surface area contributed by atoms with Gasteiger partial charge in [-0.1, -0.05) is 15.9 Å². The van der Waals surface area contributed by atoms with Gasteiger partial charge in [-0.2, -0.15) is 0 Å². The van der Waals surface area contributed by atoms with Crippen molar-refractivity contribution < 1.29 is 14.3 Å².